The zero-order valence-electron chi connectivity index (χ0n) is 12.7. The first-order valence-corrected chi connectivity index (χ1v) is 6.88. The average molecular weight is 265 g/mol. The molecule has 0 spiro atoms. The van der Waals surface area contributed by atoms with Crippen molar-refractivity contribution in [2.24, 2.45) is 11.3 Å². The van der Waals surface area contributed by atoms with Crippen molar-refractivity contribution in [3.05, 3.63) is 29.8 Å². The van der Waals surface area contributed by atoms with Gasteiger partial charge in [-0.3, -0.25) is 0 Å². The maximum Gasteiger partial charge on any atom is 0.119 e. The highest BCUT2D eigenvalue weighted by Crippen LogP contribution is 2.25. The molecule has 1 aromatic carbocycles. The van der Waals surface area contributed by atoms with Crippen LogP contribution in [0.15, 0.2) is 24.3 Å². The highest BCUT2D eigenvalue weighted by atomic mass is 16.5. The third kappa shape index (κ3) is 4.84. The van der Waals surface area contributed by atoms with E-state index >= 15 is 0 Å². The van der Waals surface area contributed by atoms with Gasteiger partial charge >= 0.3 is 0 Å². The van der Waals surface area contributed by atoms with Crippen LogP contribution in [0, 0.1) is 11.3 Å². The number of hydrogen-bond donors (Lipinski definition) is 2. The Morgan fingerprint density at radius 3 is 2.58 bits per heavy atom. The molecule has 0 aliphatic rings. The Morgan fingerprint density at radius 2 is 2.00 bits per heavy atom. The number of nitrogens with one attached hydrogen (secondary N) is 1. The molecule has 0 saturated heterocycles. The summed E-state index contributed by atoms with van der Waals surface area (Å²) in [5, 5.41) is 13.6. The van der Waals surface area contributed by atoms with Gasteiger partial charge in [0.25, 0.3) is 0 Å². The molecule has 0 amide bonds. The highest BCUT2D eigenvalue weighted by Gasteiger charge is 2.29. The first-order valence-electron chi connectivity index (χ1n) is 6.88. The Bertz CT molecular complexity index is 388. The highest BCUT2D eigenvalue weighted by molar-refractivity contribution is 5.28. The molecule has 1 atom stereocenters. The summed E-state index contributed by atoms with van der Waals surface area (Å²) >= 11 is 0. The number of ether oxygens (including phenoxy) is 1. The topological polar surface area (TPSA) is 41.5 Å². The van der Waals surface area contributed by atoms with Crippen molar-refractivity contribution in [2.45, 2.75) is 40.3 Å². The van der Waals surface area contributed by atoms with Gasteiger partial charge in [0.1, 0.15) is 5.75 Å². The van der Waals surface area contributed by atoms with Gasteiger partial charge in [-0.05, 0) is 23.6 Å². The lowest BCUT2D eigenvalue weighted by atomic mass is 9.80. The van der Waals surface area contributed by atoms with Crippen LogP contribution in [0.5, 0.6) is 5.75 Å². The van der Waals surface area contributed by atoms with E-state index in [1.54, 1.807) is 7.11 Å². The first kappa shape index (κ1) is 16.0. The monoisotopic (exact) mass is 265 g/mol. The molecule has 3 heteroatoms. The minimum Gasteiger partial charge on any atom is -0.497 e. The van der Waals surface area contributed by atoms with Gasteiger partial charge < -0.3 is 15.2 Å². The van der Waals surface area contributed by atoms with Gasteiger partial charge in [0, 0.05) is 18.5 Å². The second-order valence-electron chi connectivity index (χ2n) is 6.13. The second-order valence-corrected chi connectivity index (χ2v) is 6.13. The SMILES string of the molecule is COc1cccc(CNCC(C)(C)C(O)C(C)C)c1. The number of hydrogen-bond acceptors (Lipinski definition) is 3. The van der Waals surface area contributed by atoms with Crippen molar-refractivity contribution in [3.63, 3.8) is 0 Å². The summed E-state index contributed by atoms with van der Waals surface area (Å²) in [6.07, 6.45) is -0.301. The van der Waals surface area contributed by atoms with Crippen LogP contribution in [0.3, 0.4) is 0 Å². The van der Waals surface area contributed by atoms with E-state index in [1.165, 1.54) is 5.56 Å². The molecule has 19 heavy (non-hydrogen) atoms. The molecule has 108 valence electrons. The molecule has 0 bridgehead atoms. The maximum atomic E-state index is 10.2. The average Bonchev–Trinajstić information content (AvgIpc) is 2.37. The van der Waals surface area contributed by atoms with Gasteiger partial charge in [-0.15, -0.1) is 0 Å². The van der Waals surface area contributed by atoms with Gasteiger partial charge in [-0.2, -0.15) is 0 Å². The third-order valence-electron chi connectivity index (χ3n) is 3.48. The van der Waals surface area contributed by atoms with E-state index in [-0.39, 0.29) is 17.4 Å². The minimum absolute atomic E-state index is 0.132. The van der Waals surface area contributed by atoms with Gasteiger partial charge in [-0.25, -0.2) is 0 Å². The standard InChI is InChI=1S/C16H27NO2/c1-12(2)15(18)16(3,4)11-17-10-13-7-6-8-14(9-13)19-5/h6-9,12,15,17-18H,10-11H2,1-5H3. The summed E-state index contributed by atoms with van der Waals surface area (Å²) in [6.45, 7) is 9.85. The van der Waals surface area contributed by atoms with Crippen LogP contribution in [0.2, 0.25) is 0 Å². The molecular formula is C16H27NO2. The lowest BCUT2D eigenvalue weighted by Gasteiger charge is -2.33. The number of methoxy groups -OCH3 is 1. The fraction of sp³-hybridized carbons (Fsp3) is 0.625. The second kappa shape index (κ2) is 6.92. The smallest absolute Gasteiger partial charge is 0.119 e. The fourth-order valence-corrected chi connectivity index (χ4v) is 2.32. The lowest BCUT2D eigenvalue weighted by Crippen LogP contribution is -2.41. The zero-order valence-corrected chi connectivity index (χ0v) is 12.7. The number of aliphatic hydroxyl groups is 1. The summed E-state index contributed by atoms with van der Waals surface area (Å²) in [5.41, 5.74) is 1.06. The van der Waals surface area contributed by atoms with E-state index in [0.717, 1.165) is 18.8 Å². The molecule has 0 heterocycles. The predicted octanol–water partition coefficient (Wildman–Crippen LogP) is 2.83. The third-order valence-corrected chi connectivity index (χ3v) is 3.48. The van der Waals surface area contributed by atoms with E-state index in [1.807, 2.05) is 18.2 Å². The molecule has 1 aromatic rings. The van der Waals surface area contributed by atoms with Gasteiger partial charge in [0.15, 0.2) is 0 Å². The van der Waals surface area contributed by atoms with Crippen LogP contribution in [0.25, 0.3) is 0 Å². The van der Waals surface area contributed by atoms with Crippen LogP contribution >= 0.6 is 0 Å². The predicted molar refractivity (Wildman–Crippen MR) is 79.3 cm³/mol. The molecule has 0 saturated carbocycles. The molecule has 3 nitrogen and oxygen atoms in total. The largest absolute Gasteiger partial charge is 0.497 e. The van der Waals surface area contributed by atoms with Crippen molar-refractivity contribution < 1.29 is 9.84 Å². The number of benzene rings is 1. The number of aliphatic hydroxyl groups excluding tert-OH is 1. The van der Waals surface area contributed by atoms with Crippen molar-refractivity contribution >= 4 is 0 Å². The van der Waals surface area contributed by atoms with Crippen LogP contribution in [0.4, 0.5) is 0 Å². The van der Waals surface area contributed by atoms with Crippen molar-refractivity contribution in [1.29, 1.82) is 0 Å². The van der Waals surface area contributed by atoms with Crippen LogP contribution in [-0.4, -0.2) is 24.9 Å². The summed E-state index contributed by atoms with van der Waals surface area (Å²) < 4.78 is 5.20. The van der Waals surface area contributed by atoms with E-state index < -0.39 is 0 Å². The molecular weight excluding hydrogens is 238 g/mol. The summed E-state index contributed by atoms with van der Waals surface area (Å²) in [4.78, 5) is 0. The molecule has 0 aliphatic carbocycles. The molecule has 0 aliphatic heterocycles. The quantitative estimate of drug-likeness (QED) is 0.796. The van der Waals surface area contributed by atoms with Gasteiger partial charge in [0.2, 0.25) is 0 Å². The van der Waals surface area contributed by atoms with Crippen LogP contribution in [-0.2, 0) is 6.54 Å². The van der Waals surface area contributed by atoms with Crippen LogP contribution in [0.1, 0.15) is 33.3 Å². The lowest BCUT2D eigenvalue weighted by molar-refractivity contribution is 0.0134. The van der Waals surface area contributed by atoms with Gasteiger partial charge in [0.05, 0.1) is 13.2 Å². The Morgan fingerprint density at radius 1 is 1.32 bits per heavy atom. The minimum atomic E-state index is -0.301. The molecule has 1 rings (SSSR count). The van der Waals surface area contributed by atoms with Gasteiger partial charge in [-0.1, -0.05) is 39.8 Å². The molecule has 0 fully saturated rings. The Kier molecular flexibility index (Phi) is 5.83. The van der Waals surface area contributed by atoms with E-state index in [4.69, 9.17) is 4.74 Å². The van der Waals surface area contributed by atoms with Crippen LogP contribution < -0.4 is 10.1 Å². The molecule has 0 aromatic heterocycles. The van der Waals surface area contributed by atoms with E-state index in [0.29, 0.717) is 0 Å². The summed E-state index contributed by atoms with van der Waals surface area (Å²) in [5.74, 6) is 1.15. The normalized spacial score (nSPS) is 13.6. The van der Waals surface area contributed by atoms with E-state index in [2.05, 4.69) is 39.1 Å². The fourth-order valence-electron chi connectivity index (χ4n) is 2.32. The zero-order chi connectivity index (χ0) is 14.5. The van der Waals surface area contributed by atoms with E-state index in [9.17, 15) is 5.11 Å². The number of rotatable bonds is 7. The van der Waals surface area contributed by atoms with Crippen molar-refractivity contribution in [1.82, 2.24) is 5.32 Å². The Balaban J connectivity index is 2.49. The molecule has 0 radical (unpaired) electrons. The molecule has 2 N–H and O–H groups in total. The Hall–Kier alpha value is -1.06. The maximum absolute atomic E-state index is 10.2. The van der Waals surface area contributed by atoms with Crippen molar-refractivity contribution in [3.8, 4) is 5.75 Å². The Labute approximate surface area is 117 Å². The first-order chi connectivity index (χ1) is 8.86. The molecule has 1 unspecified atom stereocenters. The summed E-state index contributed by atoms with van der Waals surface area (Å²) in [6, 6.07) is 8.03. The van der Waals surface area contributed by atoms with Crippen molar-refractivity contribution in [2.75, 3.05) is 13.7 Å². The summed E-state index contributed by atoms with van der Waals surface area (Å²) in [7, 11) is 1.68.